The Morgan fingerprint density at radius 3 is 1.73 bits per heavy atom. The summed E-state index contributed by atoms with van der Waals surface area (Å²) in [5.74, 6) is 0. The molecule has 0 radical (unpaired) electrons. The van der Waals surface area contributed by atoms with E-state index in [2.05, 4.69) is 5.73 Å². The first kappa shape index (κ1) is 13.4. The van der Waals surface area contributed by atoms with Gasteiger partial charge in [-0.1, -0.05) is 13.8 Å². The average Bonchev–Trinajstić information content (AvgIpc) is 1.87. The van der Waals surface area contributed by atoms with Crippen molar-refractivity contribution in [3.63, 3.8) is 0 Å². The first-order valence-electron chi connectivity index (χ1n) is 3.60. The van der Waals surface area contributed by atoms with Crippen LogP contribution in [0.5, 0.6) is 0 Å². The van der Waals surface area contributed by atoms with Crippen LogP contribution in [-0.2, 0) is 0 Å². The molecule has 70 valence electrons. The van der Waals surface area contributed by atoms with E-state index in [0.29, 0.717) is 6.54 Å². The first-order chi connectivity index (χ1) is 4.85. The number of rotatable bonds is 2. The molecule has 0 amide bonds. The van der Waals surface area contributed by atoms with Crippen molar-refractivity contribution in [3.05, 3.63) is 0 Å². The summed E-state index contributed by atoms with van der Waals surface area (Å²) in [4.78, 5) is 0. The summed E-state index contributed by atoms with van der Waals surface area (Å²) in [5.41, 5.74) is 9.84. The third-order valence-electron chi connectivity index (χ3n) is 0.981. The number of aliphatic hydroxyl groups excluding tert-OH is 2. The molecule has 4 heteroatoms. The van der Waals surface area contributed by atoms with Crippen molar-refractivity contribution in [2.45, 2.75) is 27.0 Å². The van der Waals surface area contributed by atoms with Crippen LogP contribution in [0.4, 0.5) is 0 Å². The minimum atomic E-state index is -0.667. The second-order valence-electron chi connectivity index (χ2n) is 3.27. The lowest BCUT2D eigenvalue weighted by atomic mass is 9.96. The zero-order chi connectivity index (χ0) is 9.49. The van der Waals surface area contributed by atoms with Gasteiger partial charge in [0.2, 0.25) is 0 Å². The molecule has 0 aromatic rings. The van der Waals surface area contributed by atoms with Gasteiger partial charge in [0.15, 0.2) is 0 Å². The topological polar surface area (TPSA) is 92.5 Å². The van der Waals surface area contributed by atoms with Gasteiger partial charge >= 0.3 is 0 Å². The minimum Gasteiger partial charge on any atom is -0.396 e. The maximum Gasteiger partial charge on any atom is 0.0991 e. The number of hydrogen-bond acceptors (Lipinski definition) is 4. The van der Waals surface area contributed by atoms with E-state index in [9.17, 15) is 0 Å². The summed E-state index contributed by atoms with van der Waals surface area (Å²) >= 11 is 0. The van der Waals surface area contributed by atoms with Crippen LogP contribution >= 0.6 is 0 Å². The highest BCUT2D eigenvalue weighted by molar-refractivity contribution is 4.65. The molecule has 4 nitrogen and oxygen atoms in total. The Morgan fingerprint density at radius 2 is 1.73 bits per heavy atom. The highest BCUT2D eigenvalue weighted by atomic mass is 16.3. The molecule has 0 saturated carbocycles. The zero-order valence-electron chi connectivity index (χ0n) is 7.54. The monoisotopic (exact) mass is 164 g/mol. The molecule has 0 spiro atoms. The standard InChI is InChI=1S/C5H13NO.C2H7NO/c1-5(2,3-6)4-7;1-2(3)4/h7H,3-4,6H2,1-2H3;2,4H,3H2,1H3. The van der Waals surface area contributed by atoms with Gasteiger partial charge in [0.05, 0.1) is 6.23 Å². The van der Waals surface area contributed by atoms with Gasteiger partial charge in [0, 0.05) is 12.0 Å². The maximum absolute atomic E-state index is 8.51. The Kier molecular flexibility index (Phi) is 7.99. The van der Waals surface area contributed by atoms with E-state index >= 15 is 0 Å². The Morgan fingerprint density at radius 1 is 1.45 bits per heavy atom. The third kappa shape index (κ3) is 17.7. The fourth-order valence-corrected chi connectivity index (χ4v) is 0.0645. The Labute approximate surface area is 68.2 Å². The molecule has 0 rings (SSSR count). The number of aliphatic hydroxyl groups is 2. The van der Waals surface area contributed by atoms with Crippen LogP contribution in [-0.4, -0.2) is 29.6 Å². The van der Waals surface area contributed by atoms with Crippen LogP contribution in [0.15, 0.2) is 0 Å². The molecule has 0 aromatic heterocycles. The summed E-state index contributed by atoms with van der Waals surface area (Å²) in [6.45, 7) is 6.06. The van der Waals surface area contributed by atoms with Crippen LogP contribution in [0.1, 0.15) is 20.8 Å². The molecule has 0 aliphatic heterocycles. The summed E-state index contributed by atoms with van der Waals surface area (Å²) in [5, 5.41) is 16.3. The quantitative estimate of drug-likeness (QED) is 0.404. The lowest BCUT2D eigenvalue weighted by molar-refractivity contribution is 0.167. The predicted octanol–water partition coefficient (Wildman–Crippen LogP) is -0.753. The van der Waals surface area contributed by atoms with Gasteiger partial charge in [0.1, 0.15) is 0 Å². The predicted molar refractivity (Wildman–Crippen MR) is 45.8 cm³/mol. The van der Waals surface area contributed by atoms with Gasteiger partial charge in [-0.2, -0.15) is 0 Å². The molecule has 0 aliphatic rings. The van der Waals surface area contributed by atoms with Gasteiger partial charge in [-0.15, -0.1) is 0 Å². The average molecular weight is 164 g/mol. The normalized spacial score (nSPS) is 13.4. The molecule has 6 N–H and O–H groups in total. The van der Waals surface area contributed by atoms with Gasteiger partial charge in [-0.3, -0.25) is 0 Å². The van der Waals surface area contributed by atoms with E-state index in [-0.39, 0.29) is 12.0 Å². The molecule has 0 heterocycles. The maximum atomic E-state index is 8.51. The van der Waals surface area contributed by atoms with Crippen molar-refractivity contribution in [2.24, 2.45) is 16.9 Å². The second kappa shape index (κ2) is 6.54. The summed E-state index contributed by atoms with van der Waals surface area (Å²) < 4.78 is 0. The number of hydrogen-bond donors (Lipinski definition) is 4. The molecule has 11 heavy (non-hydrogen) atoms. The van der Waals surface area contributed by atoms with E-state index in [0.717, 1.165) is 0 Å². The van der Waals surface area contributed by atoms with Crippen LogP contribution in [0.3, 0.4) is 0 Å². The fraction of sp³-hybridized carbons (Fsp3) is 1.00. The second-order valence-corrected chi connectivity index (χ2v) is 3.27. The van der Waals surface area contributed by atoms with Crippen molar-refractivity contribution < 1.29 is 10.2 Å². The third-order valence-corrected chi connectivity index (χ3v) is 0.981. The van der Waals surface area contributed by atoms with Crippen LogP contribution in [0.2, 0.25) is 0 Å². The summed E-state index contributed by atoms with van der Waals surface area (Å²) in [6, 6.07) is 0. The van der Waals surface area contributed by atoms with Gasteiger partial charge in [-0.05, 0) is 13.5 Å². The molecule has 0 aliphatic carbocycles. The molecular formula is C7H20N2O2. The molecule has 0 bridgehead atoms. The summed E-state index contributed by atoms with van der Waals surface area (Å²) in [6.07, 6.45) is -0.667. The van der Waals surface area contributed by atoms with Gasteiger partial charge < -0.3 is 21.7 Å². The number of nitrogens with two attached hydrogens (primary N) is 2. The van der Waals surface area contributed by atoms with Gasteiger partial charge in [-0.25, -0.2) is 0 Å². The largest absolute Gasteiger partial charge is 0.396 e. The SMILES string of the molecule is CC(C)(CN)CO.CC(N)O. The lowest BCUT2D eigenvalue weighted by Crippen LogP contribution is -2.26. The Hall–Kier alpha value is -0.160. The van der Waals surface area contributed by atoms with E-state index in [1.54, 1.807) is 0 Å². The van der Waals surface area contributed by atoms with Crippen molar-refractivity contribution in [3.8, 4) is 0 Å². The van der Waals surface area contributed by atoms with Gasteiger partial charge in [0.25, 0.3) is 0 Å². The van der Waals surface area contributed by atoms with Crippen LogP contribution in [0, 0.1) is 5.41 Å². The van der Waals surface area contributed by atoms with Crippen molar-refractivity contribution >= 4 is 0 Å². The molecule has 0 fully saturated rings. The van der Waals surface area contributed by atoms with E-state index in [1.807, 2.05) is 13.8 Å². The smallest absolute Gasteiger partial charge is 0.0991 e. The van der Waals surface area contributed by atoms with Crippen molar-refractivity contribution in [1.82, 2.24) is 0 Å². The Balaban J connectivity index is 0. The van der Waals surface area contributed by atoms with Crippen LogP contribution in [0.25, 0.3) is 0 Å². The lowest BCUT2D eigenvalue weighted by Gasteiger charge is -2.17. The minimum absolute atomic E-state index is 0.0833. The summed E-state index contributed by atoms with van der Waals surface area (Å²) in [7, 11) is 0. The Bertz CT molecular complexity index is 75.8. The molecule has 0 saturated heterocycles. The van der Waals surface area contributed by atoms with E-state index in [4.69, 9.17) is 15.9 Å². The highest BCUT2D eigenvalue weighted by Crippen LogP contribution is 2.08. The molecule has 1 atom stereocenters. The highest BCUT2D eigenvalue weighted by Gasteiger charge is 2.11. The van der Waals surface area contributed by atoms with E-state index in [1.165, 1.54) is 6.92 Å². The van der Waals surface area contributed by atoms with Crippen LogP contribution < -0.4 is 11.5 Å². The zero-order valence-corrected chi connectivity index (χ0v) is 7.54. The van der Waals surface area contributed by atoms with Crippen molar-refractivity contribution in [2.75, 3.05) is 13.2 Å². The van der Waals surface area contributed by atoms with E-state index < -0.39 is 6.23 Å². The molecular weight excluding hydrogens is 144 g/mol. The first-order valence-corrected chi connectivity index (χ1v) is 3.60. The molecule has 0 aromatic carbocycles. The van der Waals surface area contributed by atoms with Crippen molar-refractivity contribution in [1.29, 1.82) is 0 Å². The fourth-order valence-electron chi connectivity index (χ4n) is 0.0645. The molecule has 1 unspecified atom stereocenters.